The van der Waals surface area contributed by atoms with Crippen molar-refractivity contribution in [2.45, 2.75) is 20.0 Å². The zero-order valence-corrected chi connectivity index (χ0v) is 19.5. The maximum Gasteiger partial charge on any atom is 0.354 e. The van der Waals surface area contributed by atoms with Crippen LogP contribution in [0.25, 0.3) is 0 Å². The average Bonchev–Trinajstić information content (AvgIpc) is 2.81. The number of aliphatic imine (C=N–C) groups is 1. The number of hydrogen-bond donors (Lipinski definition) is 1. The molecule has 0 radical (unpaired) electrons. The van der Waals surface area contributed by atoms with Crippen molar-refractivity contribution in [2.75, 3.05) is 19.5 Å². The molecule has 1 heterocycles. The van der Waals surface area contributed by atoms with Crippen molar-refractivity contribution in [3.8, 4) is 0 Å². The molecular weight excluding hydrogens is 465 g/mol. The van der Waals surface area contributed by atoms with E-state index < -0.39 is 29.1 Å². The van der Waals surface area contributed by atoms with Crippen LogP contribution < -0.4 is 16.7 Å². The van der Waals surface area contributed by atoms with Gasteiger partial charge in [0.05, 0.1) is 19.6 Å². The standard InChI is InChI=1S/C23H23ClFN5O4/c1-14(20(31)34-3)12-30-22(32)28-21(27-18-9-6-16(11-26-2)19(25)10-18)29(23(30)33)13-15-4-7-17(24)8-5-15/h4-11,14H,12-13H2,1-3H3,(H,27,28,32)/t14-/m0/s1. The van der Waals surface area contributed by atoms with Crippen LogP contribution in [0.2, 0.25) is 5.02 Å². The van der Waals surface area contributed by atoms with Gasteiger partial charge < -0.3 is 10.1 Å². The number of aromatic nitrogens is 3. The molecule has 0 spiro atoms. The minimum absolute atomic E-state index is 0.0429. The third-order valence-electron chi connectivity index (χ3n) is 4.99. The van der Waals surface area contributed by atoms with Gasteiger partial charge in [0.15, 0.2) is 0 Å². The van der Waals surface area contributed by atoms with Crippen molar-refractivity contribution in [2.24, 2.45) is 10.9 Å². The van der Waals surface area contributed by atoms with Gasteiger partial charge in [0.1, 0.15) is 5.82 Å². The fourth-order valence-corrected chi connectivity index (χ4v) is 3.35. The lowest BCUT2D eigenvalue weighted by Crippen LogP contribution is -2.44. The molecule has 0 saturated carbocycles. The molecule has 0 amide bonds. The summed E-state index contributed by atoms with van der Waals surface area (Å²) in [4.78, 5) is 45.6. The highest BCUT2D eigenvalue weighted by atomic mass is 35.5. The van der Waals surface area contributed by atoms with Gasteiger partial charge in [-0.15, -0.1) is 0 Å². The minimum atomic E-state index is -0.856. The highest BCUT2D eigenvalue weighted by molar-refractivity contribution is 6.30. The van der Waals surface area contributed by atoms with Crippen molar-refractivity contribution < 1.29 is 13.9 Å². The summed E-state index contributed by atoms with van der Waals surface area (Å²) in [5, 5.41) is 3.37. The number of methoxy groups -OCH3 is 1. The number of nitrogens with one attached hydrogen (secondary N) is 1. The zero-order valence-electron chi connectivity index (χ0n) is 18.8. The second kappa shape index (κ2) is 10.9. The van der Waals surface area contributed by atoms with Crippen LogP contribution in [0.1, 0.15) is 18.1 Å². The SMILES string of the molecule is CN=Cc1ccc(Nc2nc(=O)n(C[C@H](C)C(=O)OC)c(=O)n2Cc2ccc(Cl)cc2)cc1F. The molecule has 0 aliphatic heterocycles. The van der Waals surface area contributed by atoms with Gasteiger partial charge in [-0.2, -0.15) is 4.98 Å². The lowest BCUT2D eigenvalue weighted by Gasteiger charge is -2.17. The number of carbonyl (C=O) groups is 1. The van der Waals surface area contributed by atoms with Crippen LogP contribution in [0.4, 0.5) is 16.0 Å². The fraction of sp³-hybridized carbons (Fsp3) is 0.261. The van der Waals surface area contributed by atoms with E-state index in [1.54, 1.807) is 30.3 Å². The molecule has 3 aromatic rings. The summed E-state index contributed by atoms with van der Waals surface area (Å²) in [5.41, 5.74) is -0.271. The fourth-order valence-electron chi connectivity index (χ4n) is 3.22. The number of carbonyl (C=O) groups excluding carboxylic acids is 1. The van der Waals surface area contributed by atoms with Crippen molar-refractivity contribution in [3.05, 3.63) is 85.4 Å². The molecule has 0 aliphatic carbocycles. The van der Waals surface area contributed by atoms with Gasteiger partial charge >= 0.3 is 17.3 Å². The Morgan fingerprint density at radius 2 is 1.94 bits per heavy atom. The Balaban J connectivity index is 2.07. The van der Waals surface area contributed by atoms with Crippen LogP contribution in [0, 0.1) is 11.7 Å². The lowest BCUT2D eigenvalue weighted by molar-refractivity contribution is -0.145. The highest BCUT2D eigenvalue weighted by Gasteiger charge is 2.20. The number of esters is 1. The smallest absolute Gasteiger partial charge is 0.354 e. The maximum absolute atomic E-state index is 14.4. The van der Waals surface area contributed by atoms with Crippen LogP contribution >= 0.6 is 11.6 Å². The second-order valence-electron chi connectivity index (χ2n) is 7.50. The molecular formula is C23H23ClFN5O4. The molecule has 1 N–H and O–H groups in total. The molecule has 0 fully saturated rings. The predicted octanol–water partition coefficient (Wildman–Crippen LogP) is 2.85. The summed E-state index contributed by atoms with van der Waals surface area (Å²) >= 11 is 5.95. The third kappa shape index (κ3) is 5.76. The Morgan fingerprint density at radius 3 is 2.56 bits per heavy atom. The van der Waals surface area contributed by atoms with Gasteiger partial charge in [-0.3, -0.25) is 14.4 Å². The molecule has 0 bridgehead atoms. The van der Waals surface area contributed by atoms with E-state index in [1.165, 1.54) is 44.0 Å². The van der Waals surface area contributed by atoms with Crippen LogP contribution in [0.3, 0.4) is 0 Å². The molecule has 0 aliphatic rings. The molecule has 3 rings (SSSR count). The van der Waals surface area contributed by atoms with E-state index in [2.05, 4.69) is 20.0 Å². The molecule has 2 aromatic carbocycles. The van der Waals surface area contributed by atoms with Gasteiger partial charge in [-0.05, 0) is 35.9 Å². The van der Waals surface area contributed by atoms with Gasteiger partial charge in [-0.1, -0.05) is 30.7 Å². The number of rotatable bonds is 8. The van der Waals surface area contributed by atoms with Crippen LogP contribution in [0.5, 0.6) is 0 Å². The van der Waals surface area contributed by atoms with E-state index in [-0.39, 0.29) is 30.3 Å². The topological polar surface area (TPSA) is 108 Å². The summed E-state index contributed by atoms with van der Waals surface area (Å²) in [6.45, 7) is 1.37. The van der Waals surface area contributed by atoms with E-state index >= 15 is 0 Å². The minimum Gasteiger partial charge on any atom is -0.469 e. The Labute approximate surface area is 199 Å². The largest absolute Gasteiger partial charge is 0.469 e. The first-order valence-electron chi connectivity index (χ1n) is 10.3. The van der Waals surface area contributed by atoms with E-state index in [0.717, 1.165) is 4.57 Å². The van der Waals surface area contributed by atoms with Crippen LogP contribution in [0.15, 0.2) is 57.0 Å². The molecule has 1 atom stereocenters. The highest BCUT2D eigenvalue weighted by Crippen LogP contribution is 2.18. The molecule has 178 valence electrons. The Morgan fingerprint density at radius 1 is 1.24 bits per heavy atom. The Kier molecular flexibility index (Phi) is 7.95. The lowest BCUT2D eigenvalue weighted by atomic mass is 10.2. The monoisotopic (exact) mass is 487 g/mol. The number of ether oxygens (including phenoxy) is 1. The summed E-state index contributed by atoms with van der Waals surface area (Å²) < 4.78 is 21.1. The van der Waals surface area contributed by atoms with Crippen LogP contribution in [-0.4, -0.2) is 40.5 Å². The number of anilines is 2. The van der Waals surface area contributed by atoms with Crippen molar-refractivity contribution >= 4 is 35.4 Å². The first kappa shape index (κ1) is 24.8. The third-order valence-corrected chi connectivity index (χ3v) is 5.24. The van der Waals surface area contributed by atoms with E-state index in [1.807, 2.05) is 0 Å². The van der Waals surface area contributed by atoms with Crippen molar-refractivity contribution in [1.82, 2.24) is 14.1 Å². The molecule has 9 nitrogen and oxygen atoms in total. The summed E-state index contributed by atoms with van der Waals surface area (Å²) in [5.74, 6) is -1.93. The number of nitrogens with zero attached hydrogens (tertiary/aromatic N) is 4. The molecule has 0 unspecified atom stereocenters. The maximum atomic E-state index is 14.4. The number of benzene rings is 2. The normalized spacial score (nSPS) is 12.0. The second-order valence-corrected chi connectivity index (χ2v) is 7.93. The summed E-state index contributed by atoms with van der Waals surface area (Å²) in [6.07, 6.45) is 1.37. The Bertz CT molecular complexity index is 1330. The van der Waals surface area contributed by atoms with Crippen molar-refractivity contribution in [3.63, 3.8) is 0 Å². The van der Waals surface area contributed by atoms with E-state index in [4.69, 9.17) is 11.6 Å². The quantitative estimate of drug-likeness (QED) is 0.386. The predicted molar refractivity (Wildman–Crippen MR) is 128 cm³/mol. The molecule has 11 heteroatoms. The summed E-state index contributed by atoms with van der Waals surface area (Å²) in [6, 6.07) is 11.1. The van der Waals surface area contributed by atoms with Crippen molar-refractivity contribution in [1.29, 1.82) is 0 Å². The number of halogens is 2. The molecule has 1 aromatic heterocycles. The summed E-state index contributed by atoms with van der Waals surface area (Å²) in [7, 11) is 2.75. The van der Waals surface area contributed by atoms with E-state index in [9.17, 15) is 18.8 Å². The van der Waals surface area contributed by atoms with Gasteiger partial charge in [-0.25, -0.2) is 18.5 Å². The first-order valence-corrected chi connectivity index (χ1v) is 10.6. The molecule has 0 saturated heterocycles. The number of hydrogen-bond acceptors (Lipinski definition) is 7. The molecule has 34 heavy (non-hydrogen) atoms. The van der Waals surface area contributed by atoms with Gasteiger partial charge in [0.25, 0.3) is 0 Å². The Hall–Kier alpha value is -3.79. The first-order chi connectivity index (χ1) is 16.2. The van der Waals surface area contributed by atoms with Gasteiger partial charge in [0, 0.05) is 36.1 Å². The van der Waals surface area contributed by atoms with Crippen LogP contribution in [-0.2, 0) is 22.6 Å². The average molecular weight is 488 g/mol. The zero-order chi connectivity index (χ0) is 24.8. The van der Waals surface area contributed by atoms with E-state index in [0.29, 0.717) is 10.6 Å². The van der Waals surface area contributed by atoms with Gasteiger partial charge in [0.2, 0.25) is 5.95 Å².